The number of nitrogens with zero attached hydrogens (tertiary/aromatic N) is 6. The Morgan fingerprint density at radius 1 is 1.15 bits per heavy atom. The summed E-state index contributed by atoms with van der Waals surface area (Å²) < 4.78 is 1.47. The Morgan fingerprint density at radius 2 is 1.92 bits per heavy atom. The summed E-state index contributed by atoms with van der Waals surface area (Å²) in [5.74, 6) is 5.90. The Balaban J connectivity index is 1.45. The Hall–Kier alpha value is -4.55. The van der Waals surface area contributed by atoms with Crippen LogP contribution >= 0.6 is 0 Å². The summed E-state index contributed by atoms with van der Waals surface area (Å²) in [6.45, 7) is 2.33. The second-order valence-electron chi connectivity index (χ2n) is 10.1. The van der Waals surface area contributed by atoms with E-state index in [2.05, 4.69) is 56.2 Å². The number of aromatic nitrogens is 4. The van der Waals surface area contributed by atoms with Crippen LogP contribution in [0.5, 0.6) is 0 Å². The molecule has 1 atom stereocenters. The minimum atomic E-state index is -0.391. The summed E-state index contributed by atoms with van der Waals surface area (Å²) in [5, 5.41) is 3.88. The molecule has 1 aromatic carbocycles. The zero-order chi connectivity index (χ0) is 27.4. The van der Waals surface area contributed by atoms with Crippen LogP contribution in [0.2, 0.25) is 0 Å². The van der Waals surface area contributed by atoms with Crippen molar-refractivity contribution < 1.29 is 4.79 Å². The molecule has 9 nitrogen and oxygen atoms in total. The predicted molar refractivity (Wildman–Crippen MR) is 152 cm³/mol. The van der Waals surface area contributed by atoms with Gasteiger partial charge in [-0.05, 0) is 74.7 Å². The number of piperidine rings is 1. The first-order chi connectivity index (χ1) is 18.9. The third kappa shape index (κ3) is 6.13. The Kier molecular flexibility index (Phi) is 7.66. The molecule has 0 radical (unpaired) electrons. The van der Waals surface area contributed by atoms with Crippen LogP contribution in [-0.2, 0) is 11.2 Å². The maximum atomic E-state index is 13.5. The third-order valence-corrected chi connectivity index (χ3v) is 6.83. The number of amides is 1. The molecule has 198 valence electrons. The zero-order valence-electron chi connectivity index (χ0n) is 22.4. The van der Waals surface area contributed by atoms with Crippen molar-refractivity contribution in [2.24, 2.45) is 5.92 Å². The Morgan fingerprint density at radius 3 is 2.64 bits per heavy atom. The number of pyridine rings is 2. The van der Waals surface area contributed by atoms with Gasteiger partial charge in [0, 0.05) is 56.2 Å². The highest BCUT2D eigenvalue weighted by Crippen LogP contribution is 2.23. The molecule has 1 unspecified atom stereocenters. The molecule has 5 rings (SSSR count). The normalized spacial score (nSPS) is 15.4. The van der Waals surface area contributed by atoms with Crippen LogP contribution in [0, 0.1) is 17.8 Å². The van der Waals surface area contributed by atoms with Crippen LogP contribution in [0.15, 0.2) is 65.8 Å². The van der Waals surface area contributed by atoms with E-state index in [1.807, 2.05) is 12.1 Å². The molecule has 1 N–H and O–H groups in total. The summed E-state index contributed by atoms with van der Waals surface area (Å²) in [6, 6.07) is 13.4. The first-order valence-corrected chi connectivity index (χ1v) is 13.0. The van der Waals surface area contributed by atoms with Crippen molar-refractivity contribution in [1.29, 1.82) is 0 Å². The smallest absolute Gasteiger partial charge is 0.298 e. The summed E-state index contributed by atoms with van der Waals surface area (Å²) in [4.78, 5) is 42.5. The SMILES string of the molecule is CN1CCCC(Cc2ccc(Nc3ncc4cc(C#CC(=O)N(C)C)c(=O)n(-c5ccncc5)c4n3)cc2)C1. The van der Waals surface area contributed by atoms with E-state index in [0.29, 0.717) is 28.6 Å². The number of nitrogens with one attached hydrogen (secondary N) is 1. The summed E-state index contributed by atoms with van der Waals surface area (Å²) in [7, 11) is 5.41. The second-order valence-corrected chi connectivity index (χ2v) is 10.1. The molecule has 0 spiro atoms. The predicted octanol–water partition coefficient (Wildman–Crippen LogP) is 3.24. The quantitative estimate of drug-likeness (QED) is 0.403. The molecule has 4 heterocycles. The highest BCUT2D eigenvalue weighted by molar-refractivity contribution is 5.94. The highest BCUT2D eigenvalue weighted by Gasteiger charge is 2.17. The van der Waals surface area contributed by atoms with Gasteiger partial charge in [0.15, 0.2) is 5.65 Å². The van der Waals surface area contributed by atoms with Gasteiger partial charge in [-0.25, -0.2) is 4.98 Å². The second kappa shape index (κ2) is 11.5. The van der Waals surface area contributed by atoms with Crippen LogP contribution in [0.1, 0.15) is 24.0 Å². The van der Waals surface area contributed by atoms with E-state index in [0.717, 1.165) is 18.7 Å². The Labute approximate surface area is 227 Å². The number of likely N-dealkylation sites (tertiary alicyclic amines) is 1. The van der Waals surface area contributed by atoms with Crippen molar-refractivity contribution in [3.8, 4) is 17.5 Å². The average molecular weight is 522 g/mol. The lowest BCUT2D eigenvalue weighted by atomic mass is 9.91. The van der Waals surface area contributed by atoms with E-state index >= 15 is 0 Å². The van der Waals surface area contributed by atoms with Crippen LogP contribution in [0.4, 0.5) is 11.6 Å². The topological polar surface area (TPSA) is 96.2 Å². The fourth-order valence-corrected chi connectivity index (χ4v) is 4.84. The van der Waals surface area contributed by atoms with Gasteiger partial charge in [0.2, 0.25) is 5.95 Å². The lowest BCUT2D eigenvalue weighted by Gasteiger charge is -2.29. The lowest BCUT2D eigenvalue weighted by molar-refractivity contribution is -0.122. The van der Waals surface area contributed by atoms with Gasteiger partial charge in [-0.15, -0.1) is 0 Å². The average Bonchev–Trinajstić information content (AvgIpc) is 2.93. The van der Waals surface area contributed by atoms with E-state index in [-0.39, 0.29) is 11.1 Å². The molecule has 9 heteroatoms. The maximum absolute atomic E-state index is 13.5. The van der Waals surface area contributed by atoms with Gasteiger partial charge in [-0.2, -0.15) is 4.98 Å². The Bertz CT molecular complexity index is 1600. The van der Waals surface area contributed by atoms with Crippen molar-refractivity contribution in [2.45, 2.75) is 19.3 Å². The molecule has 1 aliphatic heterocycles. The van der Waals surface area contributed by atoms with Crippen LogP contribution in [0.3, 0.4) is 0 Å². The number of fused-ring (bicyclic) bond motifs is 1. The third-order valence-electron chi connectivity index (χ3n) is 6.83. The number of benzene rings is 1. The van der Waals surface area contributed by atoms with Crippen molar-refractivity contribution in [3.63, 3.8) is 0 Å². The first kappa shape index (κ1) is 26.1. The summed E-state index contributed by atoms with van der Waals surface area (Å²) in [5.41, 5.74) is 2.99. The summed E-state index contributed by atoms with van der Waals surface area (Å²) in [6.07, 6.45) is 8.46. The molecule has 3 aromatic heterocycles. The van der Waals surface area contributed by atoms with Gasteiger partial charge >= 0.3 is 0 Å². The number of hydrogen-bond acceptors (Lipinski definition) is 7. The van der Waals surface area contributed by atoms with Crippen LogP contribution < -0.4 is 10.9 Å². The number of carbonyl (C=O) groups excluding carboxylic acids is 1. The molecule has 1 aliphatic rings. The van der Waals surface area contributed by atoms with Gasteiger partial charge < -0.3 is 15.1 Å². The van der Waals surface area contributed by atoms with E-state index in [1.165, 1.54) is 34.4 Å². The van der Waals surface area contributed by atoms with Gasteiger partial charge in [0.05, 0.1) is 11.3 Å². The molecule has 1 fully saturated rings. The first-order valence-electron chi connectivity index (χ1n) is 13.0. The molecule has 4 aromatic rings. The molecule has 1 amide bonds. The van der Waals surface area contributed by atoms with Crippen molar-refractivity contribution in [3.05, 3.63) is 82.5 Å². The lowest BCUT2D eigenvalue weighted by Crippen LogP contribution is -2.32. The van der Waals surface area contributed by atoms with Crippen LogP contribution in [0.25, 0.3) is 16.7 Å². The summed E-state index contributed by atoms with van der Waals surface area (Å²) >= 11 is 0. The van der Waals surface area contributed by atoms with Crippen molar-refractivity contribution in [2.75, 3.05) is 39.5 Å². The molecular weight excluding hydrogens is 490 g/mol. The fourth-order valence-electron chi connectivity index (χ4n) is 4.84. The van der Waals surface area contributed by atoms with E-state index < -0.39 is 5.91 Å². The van der Waals surface area contributed by atoms with Crippen molar-refractivity contribution in [1.82, 2.24) is 29.3 Å². The van der Waals surface area contributed by atoms with E-state index in [9.17, 15) is 9.59 Å². The van der Waals surface area contributed by atoms with E-state index in [1.54, 1.807) is 50.9 Å². The largest absolute Gasteiger partial charge is 0.338 e. The minimum Gasteiger partial charge on any atom is -0.338 e. The van der Waals surface area contributed by atoms with Gasteiger partial charge in [0.25, 0.3) is 11.5 Å². The monoisotopic (exact) mass is 521 g/mol. The molecule has 0 saturated carbocycles. The molecule has 0 aliphatic carbocycles. The fraction of sp³-hybridized carbons (Fsp3) is 0.300. The van der Waals surface area contributed by atoms with E-state index in [4.69, 9.17) is 0 Å². The highest BCUT2D eigenvalue weighted by atomic mass is 16.2. The number of hydrogen-bond donors (Lipinski definition) is 1. The molecule has 39 heavy (non-hydrogen) atoms. The zero-order valence-corrected chi connectivity index (χ0v) is 22.4. The van der Waals surface area contributed by atoms with Crippen LogP contribution in [-0.4, -0.2) is 69.5 Å². The maximum Gasteiger partial charge on any atom is 0.298 e. The number of anilines is 2. The van der Waals surface area contributed by atoms with Gasteiger partial charge in [-0.1, -0.05) is 18.1 Å². The number of carbonyl (C=O) groups is 1. The molecular formula is C30H31N7O2. The van der Waals surface area contributed by atoms with Gasteiger partial charge in [0.1, 0.15) is 0 Å². The molecule has 0 bridgehead atoms. The number of rotatable bonds is 5. The standard InChI is InChI=1S/C30H31N7O2/c1-35(2)27(38)11-8-23-18-24-19-32-30(34-28(24)37(29(23)39)26-12-14-31-15-13-26)33-25-9-6-21(7-10-25)17-22-5-4-16-36(3)20-22/h6-7,9-10,12-15,18-19,22H,4-5,16-17,20H2,1-3H3,(H,32,33,34). The minimum absolute atomic E-state index is 0.179. The van der Waals surface area contributed by atoms with Gasteiger partial charge in [-0.3, -0.25) is 19.1 Å². The van der Waals surface area contributed by atoms with Crippen molar-refractivity contribution >= 4 is 28.6 Å². The molecule has 1 saturated heterocycles.